The first-order valence-corrected chi connectivity index (χ1v) is 19.0. The van der Waals surface area contributed by atoms with Gasteiger partial charge in [0.05, 0.1) is 17.9 Å². The number of amides is 3. The maximum Gasteiger partial charge on any atom is 0.261 e. The largest absolute Gasteiger partial charge is 0.493 e. The Morgan fingerprint density at radius 2 is 1.72 bits per heavy atom. The molecular formula is C37H43FN6O5S. The zero-order valence-electron chi connectivity index (χ0n) is 28.1. The highest BCUT2D eigenvalue weighted by Gasteiger charge is 2.39. The van der Waals surface area contributed by atoms with Crippen molar-refractivity contribution >= 4 is 46.1 Å². The Hall–Kier alpha value is -3.97. The van der Waals surface area contributed by atoms with E-state index in [9.17, 15) is 23.6 Å². The number of imide groups is 1. The Morgan fingerprint density at radius 1 is 0.920 bits per heavy atom. The predicted octanol–water partition coefficient (Wildman–Crippen LogP) is 4.23. The van der Waals surface area contributed by atoms with E-state index in [1.807, 2.05) is 23.9 Å². The van der Waals surface area contributed by atoms with E-state index in [4.69, 9.17) is 4.74 Å². The minimum atomic E-state index is -0.597. The fraction of sp³-hybridized carbons (Fsp3) is 0.541. The number of fused-ring (bicyclic) bond motifs is 2. The van der Waals surface area contributed by atoms with Crippen molar-refractivity contribution in [3.63, 3.8) is 0 Å². The van der Waals surface area contributed by atoms with Crippen LogP contribution in [0.5, 0.6) is 5.75 Å². The molecule has 4 fully saturated rings. The van der Waals surface area contributed by atoms with Gasteiger partial charge in [0.25, 0.3) is 11.5 Å². The standard InChI is InChI=1S/C37H43FN6O5S/c38-29-16-26(49-20-23-1-2-23)17-30-34(29)36(47)40-32(39-30)21-50-27-9-11-42(12-10-27)18-22-7-13-43(14-8-22)25-3-4-28-24(15-25)19-44(37(28)48)31-5-6-33(45)41-35(31)46/h3-4,15-17,22-23,27,31H,1-2,5-14,18-21H2,(H,39,40,47)(H,41,45,46). The number of benzene rings is 2. The number of hydrogen-bond acceptors (Lipinski definition) is 9. The predicted molar refractivity (Wildman–Crippen MR) is 189 cm³/mol. The van der Waals surface area contributed by atoms with Gasteiger partial charge in [-0.25, -0.2) is 9.37 Å². The van der Waals surface area contributed by atoms with Crippen molar-refractivity contribution in [2.24, 2.45) is 11.8 Å². The summed E-state index contributed by atoms with van der Waals surface area (Å²) in [5, 5.41) is 2.84. The molecule has 4 aliphatic heterocycles. The highest BCUT2D eigenvalue weighted by Crippen LogP contribution is 2.34. The first kappa shape index (κ1) is 33.2. The van der Waals surface area contributed by atoms with Crippen molar-refractivity contribution in [3.8, 4) is 5.75 Å². The highest BCUT2D eigenvalue weighted by molar-refractivity contribution is 7.99. The minimum Gasteiger partial charge on any atom is -0.493 e. The summed E-state index contributed by atoms with van der Waals surface area (Å²) in [7, 11) is 0. The topological polar surface area (TPSA) is 128 Å². The molecule has 3 saturated heterocycles. The van der Waals surface area contributed by atoms with Crippen molar-refractivity contribution in [2.75, 3.05) is 44.2 Å². The van der Waals surface area contributed by atoms with Gasteiger partial charge >= 0.3 is 0 Å². The van der Waals surface area contributed by atoms with E-state index in [-0.39, 0.29) is 29.5 Å². The highest BCUT2D eigenvalue weighted by atomic mass is 32.2. The molecule has 13 heteroatoms. The lowest BCUT2D eigenvalue weighted by atomic mass is 9.94. The van der Waals surface area contributed by atoms with Gasteiger partial charge < -0.3 is 24.4 Å². The van der Waals surface area contributed by atoms with E-state index >= 15 is 0 Å². The molecule has 1 aliphatic carbocycles. The molecule has 5 aliphatic rings. The Kier molecular flexibility index (Phi) is 9.28. The molecule has 2 aromatic carbocycles. The molecule has 264 valence electrons. The summed E-state index contributed by atoms with van der Waals surface area (Å²) in [6.45, 7) is 6.10. The van der Waals surface area contributed by atoms with Gasteiger partial charge in [0, 0.05) is 61.2 Å². The van der Waals surface area contributed by atoms with Gasteiger partial charge in [-0.15, -0.1) is 0 Å². The molecule has 1 aromatic heterocycles. The number of anilines is 1. The van der Waals surface area contributed by atoms with Gasteiger partial charge in [-0.1, -0.05) is 0 Å². The van der Waals surface area contributed by atoms with Crippen LogP contribution in [-0.4, -0.2) is 88.1 Å². The molecule has 1 atom stereocenters. The third-order valence-electron chi connectivity index (χ3n) is 11.0. The van der Waals surface area contributed by atoms with Gasteiger partial charge in [-0.3, -0.25) is 24.5 Å². The first-order chi connectivity index (χ1) is 24.3. The van der Waals surface area contributed by atoms with E-state index in [2.05, 4.69) is 31.2 Å². The summed E-state index contributed by atoms with van der Waals surface area (Å²) < 4.78 is 20.5. The van der Waals surface area contributed by atoms with Crippen LogP contribution in [0.25, 0.3) is 10.9 Å². The SMILES string of the molecule is O=C1CCC(N2Cc3cc(N4CCC(CN5CCC(SCc6nc7cc(OCC8CC8)cc(F)c7c(=O)[nH]6)CC5)CC4)ccc3C2=O)C(=O)N1. The average Bonchev–Trinajstić information content (AvgIpc) is 3.89. The van der Waals surface area contributed by atoms with Crippen LogP contribution in [0.1, 0.15) is 73.1 Å². The number of ether oxygens (including phenoxy) is 1. The van der Waals surface area contributed by atoms with Gasteiger partial charge in [0.1, 0.15) is 28.8 Å². The molecule has 8 rings (SSSR count). The maximum absolute atomic E-state index is 14.7. The lowest BCUT2D eigenvalue weighted by Gasteiger charge is -2.38. The number of piperidine rings is 3. The molecule has 11 nitrogen and oxygen atoms in total. The molecular weight excluding hydrogens is 660 g/mol. The lowest BCUT2D eigenvalue weighted by Crippen LogP contribution is -2.52. The van der Waals surface area contributed by atoms with Crippen LogP contribution in [0.4, 0.5) is 10.1 Å². The number of aromatic amines is 1. The zero-order valence-corrected chi connectivity index (χ0v) is 28.9. The Balaban J connectivity index is 0.789. The minimum absolute atomic E-state index is 0.0150. The summed E-state index contributed by atoms with van der Waals surface area (Å²) in [5.41, 5.74) is 2.61. The monoisotopic (exact) mass is 702 g/mol. The average molecular weight is 703 g/mol. The van der Waals surface area contributed by atoms with E-state index in [1.165, 1.54) is 6.07 Å². The molecule has 1 unspecified atom stereocenters. The number of thioether (sulfide) groups is 1. The molecule has 50 heavy (non-hydrogen) atoms. The Morgan fingerprint density at radius 3 is 2.48 bits per heavy atom. The van der Waals surface area contributed by atoms with Gasteiger partial charge in [0.15, 0.2) is 0 Å². The number of halogens is 1. The summed E-state index contributed by atoms with van der Waals surface area (Å²) in [5.74, 6) is 1.37. The summed E-state index contributed by atoms with van der Waals surface area (Å²) in [6, 6.07) is 8.39. The summed E-state index contributed by atoms with van der Waals surface area (Å²) in [6.07, 6.45) is 7.30. The number of nitrogens with one attached hydrogen (secondary N) is 2. The second-order valence-electron chi connectivity index (χ2n) is 14.5. The third-order valence-corrected chi connectivity index (χ3v) is 12.3. The van der Waals surface area contributed by atoms with Gasteiger partial charge in [0.2, 0.25) is 11.8 Å². The van der Waals surface area contributed by atoms with Crippen LogP contribution in [0, 0.1) is 17.7 Å². The van der Waals surface area contributed by atoms with Crippen LogP contribution in [0.3, 0.4) is 0 Å². The third kappa shape index (κ3) is 7.12. The normalized spacial score (nSPS) is 22.3. The second kappa shape index (κ2) is 14.0. The number of nitrogens with zero attached hydrogens (tertiary/aromatic N) is 4. The number of carbonyl (C=O) groups is 3. The van der Waals surface area contributed by atoms with E-state index in [0.717, 1.165) is 82.5 Å². The number of aromatic nitrogens is 2. The Bertz CT molecular complexity index is 1870. The van der Waals surface area contributed by atoms with Crippen LogP contribution in [-0.2, 0) is 21.9 Å². The van der Waals surface area contributed by atoms with E-state index in [0.29, 0.717) is 65.1 Å². The Labute approximate surface area is 294 Å². The van der Waals surface area contributed by atoms with Gasteiger partial charge in [-0.2, -0.15) is 11.8 Å². The molecule has 0 spiro atoms. The van der Waals surface area contributed by atoms with Crippen LogP contribution >= 0.6 is 11.8 Å². The van der Waals surface area contributed by atoms with Crippen molar-refractivity contribution in [1.29, 1.82) is 0 Å². The number of hydrogen-bond donors (Lipinski definition) is 2. The van der Waals surface area contributed by atoms with Gasteiger partial charge in [-0.05, 0) is 93.6 Å². The molecule has 3 aromatic rings. The van der Waals surface area contributed by atoms with Crippen molar-refractivity contribution in [2.45, 2.75) is 75.0 Å². The van der Waals surface area contributed by atoms with Crippen LogP contribution < -0.4 is 20.5 Å². The number of carbonyl (C=O) groups excluding carboxylic acids is 3. The second-order valence-corrected chi connectivity index (χ2v) is 15.8. The van der Waals surface area contributed by atoms with E-state index in [1.54, 1.807) is 11.0 Å². The lowest BCUT2D eigenvalue weighted by molar-refractivity contribution is -0.136. The molecule has 1 saturated carbocycles. The molecule has 0 bridgehead atoms. The smallest absolute Gasteiger partial charge is 0.261 e. The number of rotatable bonds is 10. The zero-order chi connectivity index (χ0) is 34.4. The number of likely N-dealkylation sites (tertiary alicyclic amines) is 1. The van der Waals surface area contributed by atoms with Crippen molar-refractivity contribution in [1.82, 2.24) is 25.1 Å². The maximum atomic E-state index is 14.7. The fourth-order valence-corrected chi connectivity index (χ4v) is 8.92. The summed E-state index contributed by atoms with van der Waals surface area (Å²) in [4.78, 5) is 63.8. The molecule has 0 radical (unpaired) electrons. The number of H-pyrrole nitrogens is 1. The van der Waals surface area contributed by atoms with Crippen molar-refractivity contribution in [3.05, 3.63) is 63.5 Å². The summed E-state index contributed by atoms with van der Waals surface area (Å²) >= 11 is 1.81. The fourth-order valence-electron chi connectivity index (χ4n) is 7.85. The van der Waals surface area contributed by atoms with Crippen LogP contribution in [0.2, 0.25) is 0 Å². The van der Waals surface area contributed by atoms with Crippen LogP contribution in [0.15, 0.2) is 35.1 Å². The molecule has 2 N–H and O–H groups in total. The molecule has 5 heterocycles. The van der Waals surface area contributed by atoms with Crippen molar-refractivity contribution < 1.29 is 23.5 Å². The molecule has 3 amide bonds. The first-order valence-electron chi connectivity index (χ1n) is 18.0. The quantitative estimate of drug-likeness (QED) is 0.299. The van der Waals surface area contributed by atoms with E-state index < -0.39 is 17.4 Å².